The average Bonchev–Trinajstić information content (AvgIpc) is 3.42. The predicted molar refractivity (Wildman–Crippen MR) is 126 cm³/mol. The lowest BCUT2D eigenvalue weighted by Crippen LogP contribution is -2.39. The van der Waals surface area contributed by atoms with Gasteiger partial charge in [0.1, 0.15) is 5.82 Å². The maximum atomic E-state index is 14.6. The quantitative estimate of drug-likeness (QED) is 0.612. The van der Waals surface area contributed by atoms with Crippen molar-refractivity contribution in [3.05, 3.63) is 40.1 Å². The average molecular weight is 496 g/mol. The van der Waals surface area contributed by atoms with Crippen molar-refractivity contribution in [1.82, 2.24) is 9.88 Å². The molecule has 1 aromatic heterocycles. The number of carbonyl (C=O) groups is 1. The minimum absolute atomic E-state index is 0.00687. The lowest BCUT2D eigenvalue weighted by molar-refractivity contribution is 0.0690. The van der Waals surface area contributed by atoms with Gasteiger partial charge in [-0.05, 0) is 51.3 Å². The van der Waals surface area contributed by atoms with Gasteiger partial charge in [0.15, 0.2) is 9.84 Å². The monoisotopic (exact) mass is 495 g/mol. The molecule has 1 amide bonds. The lowest BCUT2D eigenvalue weighted by Gasteiger charge is -2.31. The number of likely N-dealkylation sites (tertiary alicyclic amines) is 1. The van der Waals surface area contributed by atoms with Crippen molar-refractivity contribution >= 4 is 33.0 Å². The van der Waals surface area contributed by atoms with Crippen LogP contribution in [0.5, 0.6) is 0 Å². The van der Waals surface area contributed by atoms with E-state index >= 15 is 0 Å². The number of sulfone groups is 1. The third kappa shape index (κ3) is 5.48. The van der Waals surface area contributed by atoms with Gasteiger partial charge in [0.25, 0.3) is 0 Å². The Balaban J connectivity index is 1.36. The summed E-state index contributed by atoms with van der Waals surface area (Å²) in [6, 6.07) is 4.12. The number of aromatic nitrogens is 1. The zero-order chi connectivity index (χ0) is 23.8. The van der Waals surface area contributed by atoms with Gasteiger partial charge in [-0.3, -0.25) is 0 Å². The van der Waals surface area contributed by atoms with Crippen LogP contribution in [0, 0.1) is 5.82 Å². The van der Waals surface area contributed by atoms with E-state index in [0.717, 1.165) is 42.3 Å². The van der Waals surface area contributed by atoms with Gasteiger partial charge in [-0.25, -0.2) is 22.6 Å². The highest BCUT2D eigenvalue weighted by molar-refractivity contribution is 7.90. The van der Waals surface area contributed by atoms with Crippen LogP contribution in [0.2, 0.25) is 0 Å². The van der Waals surface area contributed by atoms with Crippen LogP contribution in [0.3, 0.4) is 0 Å². The zero-order valence-electron chi connectivity index (χ0n) is 19.2. The Labute approximate surface area is 198 Å². The summed E-state index contributed by atoms with van der Waals surface area (Å²) in [4.78, 5) is 20.7. The highest BCUT2D eigenvalue weighted by Gasteiger charge is 2.30. The van der Waals surface area contributed by atoms with Crippen LogP contribution in [-0.4, -0.2) is 62.9 Å². The van der Waals surface area contributed by atoms with Gasteiger partial charge >= 0.3 is 6.09 Å². The summed E-state index contributed by atoms with van der Waals surface area (Å²) in [5, 5.41) is 3.18. The Morgan fingerprint density at radius 2 is 1.88 bits per heavy atom. The topological polar surface area (TPSA) is 79.8 Å². The second-order valence-electron chi connectivity index (χ2n) is 9.12. The Morgan fingerprint density at radius 1 is 1.18 bits per heavy atom. The van der Waals surface area contributed by atoms with Crippen LogP contribution >= 0.6 is 11.3 Å². The second kappa shape index (κ2) is 9.58. The minimum atomic E-state index is -3.44. The van der Waals surface area contributed by atoms with Crippen molar-refractivity contribution in [3.63, 3.8) is 0 Å². The number of benzene rings is 1. The second-order valence-corrected chi connectivity index (χ2v) is 12.0. The maximum Gasteiger partial charge on any atom is 0.410 e. The first-order valence-electron chi connectivity index (χ1n) is 11.3. The third-order valence-electron chi connectivity index (χ3n) is 6.27. The molecule has 0 saturated carbocycles. The van der Waals surface area contributed by atoms with Crippen LogP contribution in [0.25, 0.3) is 0 Å². The molecular formula is C23H30FN3O4S2. The molecule has 3 heterocycles. The SMILES string of the molecule is CC(C)OC(=O)N1CCC(c2csc(C3CCN(c4ccc(S(C)(=O)=O)cc4F)C3)n2)CC1. The molecule has 2 fully saturated rings. The lowest BCUT2D eigenvalue weighted by atomic mass is 9.94. The number of amides is 1. The number of piperidine rings is 1. The molecule has 10 heteroatoms. The summed E-state index contributed by atoms with van der Waals surface area (Å²) in [5.41, 5.74) is 1.51. The van der Waals surface area contributed by atoms with E-state index in [1.165, 1.54) is 6.07 Å². The van der Waals surface area contributed by atoms with Gasteiger partial charge in [0, 0.05) is 49.7 Å². The van der Waals surface area contributed by atoms with E-state index in [0.29, 0.717) is 37.8 Å². The van der Waals surface area contributed by atoms with Crippen LogP contribution in [-0.2, 0) is 14.6 Å². The largest absolute Gasteiger partial charge is 0.447 e. The fraction of sp³-hybridized carbons (Fsp3) is 0.565. The molecular weight excluding hydrogens is 465 g/mol. The number of anilines is 1. The van der Waals surface area contributed by atoms with Crippen LogP contribution in [0.4, 0.5) is 14.9 Å². The molecule has 1 atom stereocenters. The highest BCUT2D eigenvalue weighted by Crippen LogP contribution is 2.36. The standard InChI is InChI=1S/C23H30FN3O4S2/c1-15(2)31-23(28)26-9-6-16(7-10-26)20-14-32-22(25-20)17-8-11-27(13-17)21-5-4-18(12-19(21)24)33(3,29)30/h4-5,12,14-17H,6-11,13H2,1-3H3. The summed E-state index contributed by atoms with van der Waals surface area (Å²) in [6.45, 7) is 6.40. The van der Waals surface area contributed by atoms with Crippen LogP contribution in [0.15, 0.2) is 28.5 Å². The molecule has 2 aromatic rings. The summed E-state index contributed by atoms with van der Waals surface area (Å²) in [5.74, 6) is 0.0385. The van der Waals surface area contributed by atoms with Gasteiger partial charge < -0.3 is 14.5 Å². The molecule has 1 aromatic carbocycles. The van der Waals surface area contributed by atoms with Crippen molar-refractivity contribution in [1.29, 1.82) is 0 Å². The van der Waals surface area contributed by atoms with Crippen molar-refractivity contribution in [3.8, 4) is 0 Å². The number of nitrogens with zero attached hydrogens (tertiary/aromatic N) is 3. The summed E-state index contributed by atoms with van der Waals surface area (Å²) in [6.07, 6.45) is 3.32. The molecule has 0 spiro atoms. The normalized spacial score (nSPS) is 20.0. The molecule has 0 N–H and O–H groups in total. The molecule has 33 heavy (non-hydrogen) atoms. The maximum absolute atomic E-state index is 14.6. The van der Waals surface area contributed by atoms with E-state index in [9.17, 15) is 17.6 Å². The molecule has 0 aliphatic carbocycles. The van der Waals surface area contributed by atoms with E-state index in [1.54, 1.807) is 22.3 Å². The number of rotatable bonds is 5. The van der Waals surface area contributed by atoms with Crippen molar-refractivity contribution < 1.29 is 22.3 Å². The number of carbonyl (C=O) groups excluding carboxylic acids is 1. The Hall–Kier alpha value is -2.20. The fourth-order valence-electron chi connectivity index (χ4n) is 4.47. The molecule has 2 saturated heterocycles. The molecule has 1 unspecified atom stereocenters. The van der Waals surface area contributed by atoms with Gasteiger partial charge in [0.2, 0.25) is 0 Å². The van der Waals surface area contributed by atoms with Crippen molar-refractivity contribution in [2.45, 2.75) is 55.9 Å². The van der Waals surface area contributed by atoms with Gasteiger partial charge in [-0.2, -0.15) is 0 Å². The van der Waals surface area contributed by atoms with Crippen molar-refractivity contribution in [2.24, 2.45) is 0 Å². The van der Waals surface area contributed by atoms with Crippen LogP contribution in [0.1, 0.15) is 55.6 Å². The fourth-order valence-corrected chi connectivity index (χ4v) is 6.13. The van der Waals surface area contributed by atoms with Crippen molar-refractivity contribution in [2.75, 3.05) is 37.3 Å². The first-order valence-corrected chi connectivity index (χ1v) is 14.0. The first kappa shape index (κ1) is 23.9. The highest BCUT2D eigenvalue weighted by atomic mass is 32.2. The van der Waals surface area contributed by atoms with E-state index < -0.39 is 15.7 Å². The number of thiazole rings is 1. The smallest absolute Gasteiger partial charge is 0.410 e. The molecule has 4 rings (SSSR count). The van der Waals surface area contributed by atoms with Gasteiger partial charge in [0.05, 0.1) is 27.4 Å². The molecule has 0 radical (unpaired) electrons. The van der Waals surface area contributed by atoms with E-state index in [4.69, 9.17) is 9.72 Å². The molecule has 2 aliphatic rings. The molecule has 180 valence electrons. The minimum Gasteiger partial charge on any atom is -0.447 e. The van der Waals surface area contributed by atoms with Gasteiger partial charge in [-0.15, -0.1) is 11.3 Å². The predicted octanol–water partition coefficient (Wildman–Crippen LogP) is 4.40. The Bertz CT molecular complexity index is 1110. The molecule has 7 nitrogen and oxygen atoms in total. The summed E-state index contributed by atoms with van der Waals surface area (Å²) < 4.78 is 43.2. The molecule has 0 bridgehead atoms. The molecule has 2 aliphatic heterocycles. The number of hydrogen-bond donors (Lipinski definition) is 0. The van der Waals surface area contributed by atoms with Gasteiger partial charge in [-0.1, -0.05) is 0 Å². The van der Waals surface area contributed by atoms with Crippen LogP contribution < -0.4 is 4.90 Å². The Morgan fingerprint density at radius 3 is 2.52 bits per heavy atom. The van der Waals surface area contributed by atoms with E-state index in [1.807, 2.05) is 18.7 Å². The third-order valence-corrected chi connectivity index (χ3v) is 8.41. The number of halogens is 1. The summed E-state index contributed by atoms with van der Waals surface area (Å²) in [7, 11) is -3.44. The Kier molecular flexibility index (Phi) is 6.95. The summed E-state index contributed by atoms with van der Waals surface area (Å²) >= 11 is 1.65. The van der Waals surface area contributed by atoms with E-state index in [2.05, 4.69) is 5.38 Å². The number of ether oxygens (including phenoxy) is 1. The zero-order valence-corrected chi connectivity index (χ0v) is 20.8. The van der Waals surface area contributed by atoms with E-state index in [-0.39, 0.29) is 23.0 Å². The number of hydrogen-bond acceptors (Lipinski definition) is 7. The first-order chi connectivity index (χ1) is 15.6.